The Balaban J connectivity index is 1.10. The van der Waals surface area contributed by atoms with Gasteiger partial charge >= 0.3 is 0 Å². The maximum atomic E-state index is 6.64. The van der Waals surface area contributed by atoms with Crippen LogP contribution in [0.4, 0.5) is 0 Å². The molecule has 2 aromatic heterocycles. The van der Waals surface area contributed by atoms with Crippen LogP contribution >= 0.6 is 0 Å². The van der Waals surface area contributed by atoms with Gasteiger partial charge in [0.1, 0.15) is 11.2 Å². The monoisotopic (exact) mass is 811 g/mol. The second-order valence-corrected chi connectivity index (χ2v) is 18.4. The fraction of sp³-hybridized carbons (Fsp3) is 0.136. The molecule has 2 aliphatic carbocycles. The Labute approximate surface area is 368 Å². The standard InChI is InChI=1S/C59H45N3O/c1-34-16-7-8-17-38(34)46-32-36(29-28-35(46)2)37-30-31-50-47(33-37)52-43(22-15-27-51(52)63-50)55-60-56(44-23-13-20-41-39-18-9-11-25-48(39)58(3,4)53(41)44)62-57(61-55)45-24-14-21-42-40-19-10-12-26-49(40)59(5,6)54(42)45/h7-33H,1-6H3. The van der Waals surface area contributed by atoms with Crippen molar-refractivity contribution in [2.75, 3.05) is 0 Å². The first-order valence-electron chi connectivity index (χ1n) is 21.9. The topological polar surface area (TPSA) is 51.8 Å². The lowest BCUT2D eigenvalue weighted by Gasteiger charge is -2.25. The number of aromatic nitrogens is 3. The van der Waals surface area contributed by atoms with Gasteiger partial charge in [0.25, 0.3) is 0 Å². The van der Waals surface area contributed by atoms with Crippen molar-refractivity contribution >= 4 is 21.9 Å². The molecule has 12 rings (SSSR count). The summed E-state index contributed by atoms with van der Waals surface area (Å²) < 4.78 is 6.64. The van der Waals surface area contributed by atoms with Gasteiger partial charge in [0.2, 0.25) is 0 Å². The molecule has 8 aromatic carbocycles. The first-order valence-corrected chi connectivity index (χ1v) is 21.9. The third-order valence-corrected chi connectivity index (χ3v) is 14.0. The highest BCUT2D eigenvalue weighted by Gasteiger charge is 2.40. The molecule has 0 aliphatic heterocycles. The molecule has 0 radical (unpaired) electrons. The summed E-state index contributed by atoms with van der Waals surface area (Å²) in [7, 11) is 0. The van der Waals surface area contributed by atoms with E-state index < -0.39 is 0 Å². The third-order valence-electron chi connectivity index (χ3n) is 14.0. The van der Waals surface area contributed by atoms with Crippen LogP contribution in [-0.2, 0) is 10.8 Å². The SMILES string of the molecule is Cc1ccccc1-c1cc(-c2ccc3oc4cccc(-c5nc(-c6cccc7c6C(C)(C)c6ccccc6-7)nc(-c6cccc7c6C(C)(C)c6ccccc6-7)n5)c4c3c2)ccc1C. The molecule has 0 atom stereocenters. The van der Waals surface area contributed by atoms with Crippen LogP contribution in [0.5, 0.6) is 0 Å². The summed E-state index contributed by atoms with van der Waals surface area (Å²) in [4.78, 5) is 16.5. The number of fused-ring (bicyclic) bond motifs is 9. The second kappa shape index (κ2) is 13.5. The van der Waals surface area contributed by atoms with Crippen LogP contribution in [0, 0.1) is 13.8 Å². The molecule has 0 unspecified atom stereocenters. The summed E-state index contributed by atoms with van der Waals surface area (Å²) in [6.45, 7) is 13.7. The quantitative estimate of drug-likeness (QED) is 0.174. The lowest BCUT2D eigenvalue weighted by atomic mass is 9.79. The van der Waals surface area contributed by atoms with Gasteiger partial charge < -0.3 is 4.42 Å². The highest BCUT2D eigenvalue weighted by Crippen LogP contribution is 2.54. The number of aryl methyl sites for hydroxylation is 2. The van der Waals surface area contributed by atoms with Crippen LogP contribution in [0.1, 0.15) is 61.1 Å². The molecule has 2 heterocycles. The zero-order valence-electron chi connectivity index (χ0n) is 36.3. The molecule has 0 N–H and O–H groups in total. The number of furan rings is 1. The van der Waals surface area contributed by atoms with Gasteiger partial charge in [-0.15, -0.1) is 0 Å². The Kier molecular flexibility index (Phi) is 8.02. The minimum absolute atomic E-state index is 0.265. The van der Waals surface area contributed by atoms with E-state index in [9.17, 15) is 0 Å². The van der Waals surface area contributed by atoms with Crippen molar-refractivity contribution in [3.05, 3.63) is 197 Å². The molecule has 0 fully saturated rings. The smallest absolute Gasteiger partial charge is 0.164 e. The predicted octanol–water partition coefficient (Wildman–Crippen LogP) is 15.3. The Morgan fingerprint density at radius 3 is 1.44 bits per heavy atom. The lowest BCUT2D eigenvalue weighted by molar-refractivity contribution is 0.660. The Hall–Kier alpha value is -7.43. The predicted molar refractivity (Wildman–Crippen MR) is 259 cm³/mol. The molecular weight excluding hydrogens is 767 g/mol. The number of rotatable bonds is 5. The number of hydrogen-bond acceptors (Lipinski definition) is 4. The van der Waals surface area contributed by atoms with Crippen molar-refractivity contribution in [2.24, 2.45) is 0 Å². The minimum atomic E-state index is -0.265. The molecule has 63 heavy (non-hydrogen) atoms. The molecule has 0 bridgehead atoms. The molecule has 0 saturated heterocycles. The van der Waals surface area contributed by atoms with Gasteiger partial charge in [-0.1, -0.05) is 167 Å². The van der Waals surface area contributed by atoms with Gasteiger partial charge in [-0.25, -0.2) is 15.0 Å². The van der Waals surface area contributed by atoms with Crippen LogP contribution in [0.15, 0.2) is 168 Å². The molecule has 2 aliphatic rings. The lowest BCUT2D eigenvalue weighted by Crippen LogP contribution is -2.18. The van der Waals surface area contributed by atoms with E-state index in [2.05, 4.69) is 205 Å². The Morgan fingerprint density at radius 2 is 0.825 bits per heavy atom. The number of nitrogens with zero attached hydrogens (tertiary/aromatic N) is 3. The largest absolute Gasteiger partial charge is 0.456 e. The van der Waals surface area contributed by atoms with Crippen molar-refractivity contribution in [1.29, 1.82) is 0 Å². The van der Waals surface area contributed by atoms with Crippen LogP contribution in [0.25, 0.3) is 101 Å². The Bertz CT molecular complexity index is 3430. The average molecular weight is 812 g/mol. The number of benzene rings is 8. The van der Waals surface area contributed by atoms with Crippen molar-refractivity contribution in [3.8, 4) is 78.7 Å². The summed E-state index contributed by atoms with van der Waals surface area (Å²) in [5.74, 6) is 1.93. The normalized spacial score (nSPS) is 14.1. The maximum absolute atomic E-state index is 6.64. The van der Waals surface area contributed by atoms with Crippen molar-refractivity contribution in [2.45, 2.75) is 52.4 Å². The van der Waals surface area contributed by atoms with Gasteiger partial charge in [-0.3, -0.25) is 0 Å². The van der Waals surface area contributed by atoms with Crippen molar-refractivity contribution in [3.63, 3.8) is 0 Å². The van der Waals surface area contributed by atoms with E-state index in [4.69, 9.17) is 19.4 Å². The summed E-state index contributed by atoms with van der Waals surface area (Å²) in [5.41, 5.74) is 21.4. The highest BCUT2D eigenvalue weighted by molar-refractivity contribution is 6.13. The molecular formula is C59H45N3O. The molecule has 0 spiro atoms. The summed E-state index contributed by atoms with van der Waals surface area (Å²) in [6, 6.07) is 58.9. The number of hydrogen-bond donors (Lipinski definition) is 0. The van der Waals surface area contributed by atoms with E-state index in [0.717, 1.165) is 49.8 Å². The molecule has 302 valence electrons. The van der Waals surface area contributed by atoms with E-state index >= 15 is 0 Å². The molecule has 4 nitrogen and oxygen atoms in total. The summed E-state index contributed by atoms with van der Waals surface area (Å²) >= 11 is 0. The molecule has 0 amide bonds. The second-order valence-electron chi connectivity index (χ2n) is 18.4. The van der Waals surface area contributed by atoms with Gasteiger partial charge in [0.15, 0.2) is 17.5 Å². The van der Waals surface area contributed by atoms with E-state index in [-0.39, 0.29) is 10.8 Å². The van der Waals surface area contributed by atoms with E-state index in [1.165, 1.54) is 66.8 Å². The van der Waals surface area contributed by atoms with Crippen molar-refractivity contribution < 1.29 is 4.42 Å². The molecule has 10 aromatic rings. The van der Waals surface area contributed by atoms with Gasteiger partial charge in [-0.2, -0.15) is 0 Å². The van der Waals surface area contributed by atoms with E-state index in [1.807, 2.05) is 0 Å². The zero-order valence-corrected chi connectivity index (χ0v) is 36.3. The fourth-order valence-electron chi connectivity index (χ4n) is 11.0. The van der Waals surface area contributed by atoms with E-state index in [1.54, 1.807) is 0 Å². The van der Waals surface area contributed by atoms with Gasteiger partial charge in [0.05, 0.1) is 0 Å². The summed E-state index contributed by atoms with van der Waals surface area (Å²) in [5, 5.41) is 2.01. The first-order chi connectivity index (χ1) is 30.6. The van der Waals surface area contributed by atoms with Crippen LogP contribution in [0.3, 0.4) is 0 Å². The first kappa shape index (κ1) is 37.3. The van der Waals surface area contributed by atoms with Crippen LogP contribution < -0.4 is 0 Å². The van der Waals surface area contributed by atoms with Crippen LogP contribution in [-0.4, -0.2) is 15.0 Å². The zero-order chi connectivity index (χ0) is 42.8. The fourth-order valence-corrected chi connectivity index (χ4v) is 11.0. The molecule has 4 heteroatoms. The highest BCUT2D eigenvalue weighted by atomic mass is 16.3. The van der Waals surface area contributed by atoms with Gasteiger partial charge in [-0.05, 0) is 116 Å². The Morgan fingerprint density at radius 1 is 0.365 bits per heavy atom. The maximum Gasteiger partial charge on any atom is 0.164 e. The van der Waals surface area contributed by atoms with Crippen molar-refractivity contribution in [1.82, 2.24) is 15.0 Å². The van der Waals surface area contributed by atoms with Gasteiger partial charge in [0, 0.05) is 38.3 Å². The van der Waals surface area contributed by atoms with E-state index in [0.29, 0.717) is 17.5 Å². The third kappa shape index (κ3) is 5.50. The van der Waals surface area contributed by atoms with Crippen LogP contribution in [0.2, 0.25) is 0 Å². The minimum Gasteiger partial charge on any atom is -0.456 e. The summed E-state index contributed by atoms with van der Waals surface area (Å²) in [6.07, 6.45) is 0. The average Bonchev–Trinajstić information content (AvgIpc) is 3.89. The molecule has 0 saturated carbocycles.